The molecule has 2 aromatic rings. The van der Waals surface area contributed by atoms with Crippen LogP contribution in [0.25, 0.3) is 0 Å². The van der Waals surface area contributed by atoms with Crippen molar-refractivity contribution in [3.63, 3.8) is 0 Å². The van der Waals surface area contributed by atoms with Crippen LogP contribution in [0.3, 0.4) is 0 Å². The van der Waals surface area contributed by atoms with Crippen LogP contribution in [-0.2, 0) is 16.5 Å². The maximum absolute atomic E-state index is 13.3. The average Bonchev–Trinajstić information content (AvgIpc) is 3.58. The van der Waals surface area contributed by atoms with Gasteiger partial charge in [-0.25, -0.2) is 0 Å². The number of benzene rings is 1. The number of carbonyl (C=O) groups is 1. The molecule has 2 N–H and O–H groups in total. The maximum Gasteiger partial charge on any atom is 0.416 e. The van der Waals surface area contributed by atoms with E-state index in [1.54, 1.807) is 4.68 Å². The first-order valence-electron chi connectivity index (χ1n) is 13.2. The number of piperazine rings is 1. The third-order valence-corrected chi connectivity index (χ3v) is 9.11. The van der Waals surface area contributed by atoms with Crippen LogP contribution in [0.15, 0.2) is 30.6 Å². The fraction of sp³-hybridized carbons (Fsp3) is 0.615. The lowest BCUT2D eigenvalue weighted by Gasteiger charge is -2.40. The number of rotatable bonds is 6. The lowest BCUT2D eigenvalue weighted by atomic mass is 9.76. The molecule has 1 aliphatic carbocycles. The molecular weight excluding hydrogens is 540 g/mol. The van der Waals surface area contributed by atoms with E-state index in [9.17, 15) is 18.0 Å². The first-order chi connectivity index (χ1) is 17.7. The Balaban J connectivity index is 0.00000294. The zero-order valence-corrected chi connectivity index (χ0v) is 22.6. The summed E-state index contributed by atoms with van der Waals surface area (Å²) in [6.07, 6.45) is 4.96. The second-order valence-corrected chi connectivity index (χ2v) is 11.5. The van der Waals surface area contributed by atoms with E-state index in [-0.39, 0.29) is 29.0 Å². The minimum absolute atomic E-state index is 0. The predicted octanol–water partition coefficient (Wildman–Crippen LogP) is 4.76. The van der Waals surface area contributed by atoms with Gasteiger partial charge in [0.15, 0.2) is 0 Å². The zero-order valence-electron chi connectivity index (χ0n) is 21.0. The van der Waals surface area contributed by atoms with Crippen molar-refractivity contribution in [3.8, 4) is 0 Å². The largest absolute Gasteiger partial charge is 0.416 e. The Labute approximate surface area is 231 Å². The Kier molecular flexibility index (Phi) is 7.63. The summed E-state index contributed by atoms with van der Waals surface area (Å²) in [6.45, 7) is 5.43. The zero-order chi connectivity index (χ0) is 25.8. The van der Waals surface area contributed by atoms with Crippen LogP contribution in [0, 0.1) is 5.92 Å². The number of anilines is 2. The van der Waals surface area contributed by atoms with Crippen molar-refractivity contribution in [1.29, 1.82) is 0 Å². The Hall–Kier alpha value is -2.01. The van der Waals surface area contributed by atoms with E-state index in [1.807, 2.05) is 12.4 Å². The molecule has 0 radical (unpaired) electrons. The fourth-order valence-electron chi connectivity index (χ4n) is 6.39. The molecule has 0 spiro atoms. The van der Waals surface area contributed by atoms with E-state index in [0.717, 1.165) is 56.7 Å². The molecule has 4 heterocycles. The number of likely N-dealkylation sites (tertiary alicyclic amines) is 1. The number of piperidine rings is 1. The highest BCUT2D eigenvalue weighted by molar-refractivity contribution is 6.33. The van der Waals surface area contributed by atoms with Crippen molar-refractivity contribution in [1.82, 2.24) is 20.0 Å². The Bertz CT molecular complexity index is 1160. The SMILES string of the molecule is Cl.O=C(Nc1ccc(C(F)(F)F)cc1Cl)C1(n2cc(N3CCC(CN4C[C@H]5C[C@@H]4CN5)CC3)cn2)CCC1. The van der Waals surface area contributed by atoms with Crippen molar-refractivity contribution < 1.29 is 18.0 Å². The lowest BCUT2D eigenvalue weighted by molar-refractivity contribution is -0.137. The third kappa shape index (κ3) is 5.12. The van der Waals surface area contributed by atoms with Crippen LogP contribution in [0.4, 0.5) is 24.5 Å². The van der Waals surface area contributed by atoms with E-state index in [1.165, 1.54) is 25.6 Å². The van der Waals surface area contributed by atoms with Crippen molar-refractivity contribution >= 4 is 41.3 Å². The van der Waals surface area contributed by atoms with Gasteiger partial charge < -0.3 is 15.5 Å². The summed E-state index contributed by atoms with van der Waals surface area (Å²) in [5, 5.41) is 10.7. The van der Waals surface area contributed by atoms with Gasteiger partial charge in [-0.2, -0.15) is 18.3 Å². The molecule has 3 saturated heterocycles. The minimum Gasteiger partial charge on any atom is -0.369 e. The second kappa shape index (κ2) is 10.5. The van der Waals surface area contributed by atoms with Gasteiger partial charge in [0.05, 0.1) is 28.2 Å². The van der Waals surface area contributed by atoms with Gasteiger partial charge in [0.2, 0.25) is 0 Å². The van der Waals surface area contributed by atoms with Crippen LogP contribution in [-0.4, -0.2) is 65.4 Å². The normalized spacial score (nSPS) is 25.2. The molecule has 1 aromatic heterocycles. The van der Waals surface area contributed by atoms with Gasteiger partial charge in [0.1, 0.15) is 5.54 Å². The summed E-state index contributed by atoms with van der Waals surface area (Å²) in [5.41, 5.74) is -0.526. The molecule has 1 amide bonds. The van der Waals surface area contributed by atoms with Crippen molar-refractivity contribution in [2.75, 3.05) is 42.9 Å². The summed E-state index contributed by atoms with van der Waals surface area (Å²) >= 11 is 6.08. The van der Waals surface area contributed by atoms with Crippen molar-refractivity contribution in [2.45, 2.75) is 62.3 Å². The molecular formula is C26H33Cl2F3N6O. The van der Waals surface area contributed by atoms with Gasteiger partial charge in [0.25, 0.3) is 5.91 Å². The Morgan fingerprint density at radius 2 is 2.00 bits per heavy atom. The van der Waals surface area contributed by atoms with Crippen molar-refractivity contribution in [2.24, 2.45) is 5.92 Å². The molecule has 4 fully saturated rings. The summed E-state index contributed by atoms with van der Waals surface area (Å²) in [4.78, 5) is 18.3. The molecule has 208 valence electrons. The maximum atomic E-state index is 13.3. The first kappa shape index (κ1) is 27.6. The Morgan fingerprint density at radius 3 is 2.58 bits per heavy atom. The number of amides is 1. The molecule has 4 aliphatic rings. The summed E-state index contributed by atoms with van der Waals surface area (Å²) in [5.74, 6) is 0.408. The number of nitrogens with one attached hydrogen (secondary N) is 2. The van der Waals surface area contributed by atoms with Crippen LogP contribution >= 0.6 is 24.0 Å². The number of nitrogens with zero attached hydrogens (tertiary/aromatic N) is 4. The standard InChI is InChI=1S/C26H32ClF3N6O.ClH/c27-22-10-18(26(28,29)30)2-3-23(22)33-24(37)25(6-1-7-25)36-16-21(13-32-36)34-8-4-17(5-9-34)14-35-15-19-11-20(35)12-31-19;/h2-3,10,13,16-17,19-20,31H,1,4-9,11-12,14-15H2,(H,33,37);1H/t19-,20-;/m1./s1. The van der Waals surface area contributed by atoms with E-state index in [4.69, 9.17) is 11.6 Å². The minimum atomic E-state index is -4.49. The number of hydrogen-bond acceptors (Lipinski definition) is 5. The predicted molar refractivity (Wildman–Crippen MR) is 143 cm³/mol. The van der Waals surface area contributed by atoms with Gasteiger partial charge in [0, 0.05) is 51.0 Å². The van der Waals surface area contributed by atoms with E-state index in [0.29, 0.717) is 30.8 Å². The van der Waals surface area contributed by atoms with Crippen LogP contribution < -0.4 is 15.5 Å². The highest BCUT2D eigenvalue weighted by Gasteiger charge is 2.47. The van der Waals surface area contributed by atoms with E-state index < -0.39 is 17.3 Å². The fourth-order valence-corrected chi connectivity index (χ4v) is 6.62. The van der Waals surface area contributed by atoms with Gasteiger partial charge >= 0.3 is 6.18 Å². The number of alkyl halides is 3. The third-order valence-electron chi connectivity index (χ3n) is 8.80. The summed E-state index contributed by atoms with van der Waals surface area (Å²) < 4.78 is 40.6. The molecule has 0 unspecified atom stereocenters. The molecule has 1 aromatic carbocycles. The summed E-state index contributed by atoms with van der Waals surface area (Å²) in [6, 6.07) is 4.37. The van der Waals surface area contributed by atoms with Crippen LogP contribution in [0.2, 0.25) is 5.02 Å². The topological polar surface area (TPSA) is 65.4 Å². The van der Waals surface area contributed by atoms with Gasteiger partial charge in [-0.05, 0) is 62.6 Å². The van der Waals surface area contributed by atoms with Gasteiger partial charge in [-0.1, -0.05) is 11.6 Å². The van der Waals surface area contributed by atoms with E-state index >= 15 is 0 Å². The van der Waals surface area contributed by atoms with Gasteiger partial charge in [-0.15, -0.1) is 12.4 Å². The van der Waals surface area contributed by atoms with Crippen LogP contribution in [0.1, 0.15) is 44.1 Å². The molecule has 2 atom stereocenters. The van der Waals surface area contributed by atoms with E-state index in [2.05, 4.69) is 25.5 Å². The highest BCUT2D eigenvalue weighted by atomic mass is 35.5. The molecule has 2 bridgehead atoms. The molecule has 3 aliphatic heterocycles. The number of aromatic nitrogens is 2. The molecule has 38 heavy (non-hydrogen) atoms. The second-order valence-electron chi connectivity index (χ2n) is 11.1. The average molecular weight is 573 g/mol. The number of halogens is 5. The number of fused-ring (bicyclic) bond motifs is 2. The number of carbonyl (C=O) groups excluding carboxylic acids is 1. The van der Waals surface area contributed by atoms with Crippen molar-refractivity contribution in [3.05, 3.63) is 41.2 Å². The van der Waals surface area contributed by atoms with Gasteiger partial charge in [-0.3, -0.25) is 14.4 Å². The molecule has 1 saturated carbocycles. The quantitative estimate of drug-likeness (QED) is 0.522. The monoisotopic (exact) mass is 572 g/mol. The number of hydrogen-bond donors (Lipinski definition) is 2. The lowest BCUT2D eigenvalue weighted by Crippen LogP contribution is -2.51. The molecule has 7 nitrogen and oxygen atoms in total. The first-order valence-corrected chi connectivity index (χ1v) is 13.5. The highest BCUT2D eigenvalue weighted by Crippen LogP contribution is 2.42. The smallest absolute Gasteiger partial charge is 0.369 e. The Morgan fingerprint density at radius 1 is 1.24 bits per heavy atom. The van der Waals surface area contributed by atoms with Crippen LogP contribution in [0.5, 0.6) is 0 Å². The summed E-state index contributed by atoms with van der Waals surface area (Å²) in [7, 11) is 0. The molecule has 12 heteroatoms. The molecule has 6 rings (SSSR count).